The molecule has 80 heavy (non-hydrogen) atoms. The van der Waals surface area contributed by atoms with Gasteiger partial charge in [0.25, 0.3) is 5.56 Å². The number of nitrogens with one attached hydrogen (secondary N) is 1. The zero-order valence-corrected chi connectivity index (χ0v) is 57.4. The number of hydrogen-bond acceptors (Lipinski definition) is 16. The molecule has 0 bridgehead atoms. The Labute approximate surface area is 506 Å². The standard InChI is InChI=1S/C38H60O8P.C9H11FN2O5.4C2H6.CH5O3P.CH3.H2O.Pa/c1-4-6-8-9-10-11-12-13-14-15-16-17-18-19-20-22-38(40)46-36-29-25-34(26-30-36)32-44-47(41,42-3)43-31-33-23-27-35(28-24-33)45-37(39)21-7-5-2;10-4-2-12(9(16)11-8(4)15)7-1-5(14)6(3-13)17-7;4*1-2;1-3-4-5-2;;;/h23-30,41H,4-22,31-32H2,1-3H3;2,5-7,13-14H,1,3H2,(H,11,15,16);4*1-2H3;2,5H,1H3;1H3;1H2;/q+1;;;;;;;-1;;/t;5-,6?,7?;;;;;;;;/m.1......../s1. The maximum Gasteiger partial charge on any atom is 0.572 e. The maximum atomic E-state index is 13.0. The van der Waals surface area contributed by atoms with Gasteiger partial charge in [-0.05, 0) is 48.2 Å². The number of nitrogens with zero attached hydrogens (tertiary/aromatic N) is 1. The van der Waals surface area contributed by atoms with Gasteiger partial charge in [0.05, 0.1) is 33.1 Å². The predicted molar refractivity (Wildman–Crippen MR) is 316 cm³/mol. The molecule has 2 aromatic carbocycles. The van der Waals surface area contributed by atoms with Gasteiger partial charge >= 0.3 is 25.8 Å². The molecule has 0 saturated carbocycles. The van der Waals surface area contributed by atoms with Crippen molar-refractivity contribution in [2.24, 2.45) is 0 Å². The largest absolute Gasteiger partial charge is 0.572 e. The Morgan fingerprint density at radius 3 is 1.43 bits per heavy atom. The van der Waals surface area contributed by atoms with Crippen LogP contribution < -0.4 is 20.7 Å². The molecular weight excluding hydrogens is 1300 g/mol. The van der Waals surface area contributed by atoms with E-state index >= 15 is 0 Å². The summed E-state index contributed by atoms with van der Waals surface area (Å²) in [5.74, 6) is -0.658. The Balaban J connectivity index is -0.000000341. The minimum Gasteiger partial charge on any atom is -0.427 e. The van der Waals surface area contributed by atoms with E-state index in [9.17, 15) is 33.6 Å². The number of carbonyl (C=O) groups excluding carboxylic acids is 2. The number of unbranched alkanes of at least 4 members (excludes halogenated alkanes) is 15. The molecule has 0 aliphatic carbocycles. The summed E-state index contributed by atoms with van der Waals surface area (Å²) in [6.45, 7) is 20.0. The Kier molecular flexibility index (Phi) is 67.7. The summed E-state index contributed by atoms with van der Waals surface area (Å²) in [6, 6.07) is 13.8. The van der Waals surface area contributed by atoms with Crippen molar-refractivity contribution in [2.45, 2.75) is 229 Å². The summed E-state index contributed by atoms with van der Waals surface area (Å²) in [5.41, 5.74) is -0.413. The van der Waals surface area contributed by atoms with Crippen molar-refractivity contribution in [3.63, 3.8) is 0 Å². The monoisotopic (exact) mass is 1400 g/mol. The number of rotatable bonds is 32. The molecule has 4 rings (SSSR count). The first-order valence-electron chi connectivity index (χ1n) is 27.9. The van der Waals surface area contributed by atoms with Crippen LogP contribution in [0.5, 0.6) is 11.5 Å². The van der Waals surface area contributed by atoms with Crippen LogP contribution in [0.3, 0.4) is 0 Å². The van der Waals surface area contributed by atoms with Gasteiger partial charge in [0, 0.05) is 51.6 Å². The fourth-order valence-corrected chi connectivity index (χ4v) is 7.84. The van der Waals surface area contributed by atoms with E-state index in [1.54, 1.807) is 53.5 Å². The van der Waals surface area contributed by atoms with Crippen molar-refractivity contribution < 1.29 is 109 Å². The van der Waals surface area contributed by atoms with E-state index in [-0.39, 0.29) is 76.8 Å². The molecule has 3 aromatic rings. The van der Waals surface area contributed by atoms with Crippen LogP contribution in [0.2, 0.25) is 0 Å². The van der Waals surface area contributed by atoms with Crippen molar-refractivity contribution >= 4 is 29.1 Å². The first-order valence-corrected chi connectivity index (χ1v) is 30.3. The average molecular weight is 1400 g/mol. The second-order valence-electron chi connectivity index (χ2n) is 16.3. The molecule has 7 N–H and O–H groups in total. The third kappa shape index (κ3) is 44.1. The molecule has 2 heterocycles. The number of halogens is 1. The van der Waals surface area contributed by atoms with Crippen LogP contribution >= 0.6 is 17.2 Å². The van der Waals surface area contributed by atoms with Gasteiger partial charge in [0.1, 0.15) is 37.0 Å². The topological polar surface area (TPSA) is 275 Å². The smallest absolute Gasteiger partial charge is 0.427 e. The Hall–Kier alpha value is -2.50. The van der Waals surface area contributed by atoms with E-state index in [0.717, 1.165) is 47.6 Å². The molecule has 465 valence electrons. The van der Waals surface area contributed by atoms with Gasteiger partial charge in [-0.25, -0.2) is 9.68 Å². The van der Waals surface area contributed by atoms with Crippen LogP contribution in [-0.2, 0) is 50.7 Å². The SMILES string of the molecule is CC.CC.CC.CC.CCCCCCCCCCCCCCCCCC(=O)Oc1ccc(CO[P+](O)(OC)OCc2ccc(OC(=O)CCCC)cc2)cc1.COOPO.O.O=c1[nH]c(=O)n(C2C[C@@H](O)C(CO)O2)cc1F.[CH3-].[Pa]. The number of carbonyl (C=O) groups is 2. The summed E-state index contributed by atoms with van der Waals surface area (Å²) >= 11 is 0. The minimum atomic E-state index is -3.57. The van der Waals surface area contributed by atoms with Gasteiger partial charge in [-0.15, -0.1) is 9.05 Å². The molecule has 1 aromatic heterocycles. The number of benzene rings is 2. The van der Waals surface area contributed by atoms with Crippen molar-refractivity contribution in [1.29, 1.82) is 0 Å². The van der Waals surface area contributed by atoms with E-state index < -0.39 is 59.3 Å². The van der Waals surface area contributed by atoms with Gasteiger partial charge in [0.15, 0.2) is 9.03 Å². The van der Waals surface area contributed by atoms with Gasteiger partial charge in [-0.2, -0.15) is 18.5 Å². The van der Waals surface area contributed by atoms with Gasteiger partial charge in [0.2, 0.25) is 5.82 Å². The van der Waals surface area contributed by atoms with Crippen molar-refractivity contribution in [2.75, 3.05) is 20.8 Å². The van der Waals surface area contributed by atoms with E-state index in [4.69, 9.17) is 37.8 Å². The van der Waals surface area contributed by atoms with Crippen LogP contribution in [0.1, 0.15) is 215 Å². The summed E-state index contributed by atoms with van der Waals surface area (Å²) in [7, 11) is -1.47. The molecule has 1 aliphatic rings. The van der Waals surface area contributed by atoms with Crippen LogP contribution in [0.4, 0.5) is 4.39 Å². The molecule has 5 atom stereocenters. The Bertz CT molecular complexity index is 1950. The molecule has 1 saturated heterocycles. The minimum absolute atomic E-state index is 0. The maximum absolute atomic E-state index is 13.0. The third-order valence-corrected chi connectivity index (χ3v) is 12.4. The molecule has 1 radical (unpaired) electrons. The van der Waals surface area contributed by atoms with Crippen LogP contribution in [0.15, 0.2) is 64.3 Å². The third-order valence-electron chi connectivity index (χ3n) is 10.8. The number of aliphatic hydroxyl groups excluding tert-OH is 2. The van der Waals surface area contributed by atoms with Crippen molar-refractivity contribution in [3.8, 4) is 11.5 Å². The first kappa shape index (κ1) is 88.7. The number of H-pyrrole nitrogens is 1. The quantitative estimate of drug-likeness (QED) is 0.00739. The van der Waals surface area contributed by atoms with Crippen LogP contribution in [-0.4, -0.2) is 80.0 Å². The summed E-state index contributed by atoms with van der Waals surface area (Å²) in [4.78, 5) is 70.5. The normalized spacial score (nSPS) is 14.4. The zero-order chi connectivity index (χ0) is 58.7. The predicted octanol–water partition coefficient (Wildman–Crippen LogP) is 13.1. The van der Waals surface area contributed by atoms with Gasteiger partial charge < -0.3 is 42.2 Å². The Morgan fingerprint density at radius 2 is 1.09 bits per heavy atom. The van der Waals surface area contributed by atoms with Crippen molar-refractivity contribution in [3.05, 3.63) is 99.9 Å². The van der Waals surface area contributed by atoms with Crippen LogP contribution in [0, 0.1) is 45.6 Å². The molecule has 0 spiro atoms. The molecule has 4 unspecified atom stereocenters. The average Bonchev–Trinajstić information content (AvgIpc) is 3.84. The van der Waals surface area contributed by atoms with E-state index in [0.29, 0.717) is 24.3 Å². The van der Waals surface area contributed by atoms with Gasteiger partial charge in [-0.1, -0.05) is 190 Å². The number of aromatic amines is 1. The van der Waals surface area contributed by atoms with E-state index in [1.807, 2.05) is 62.3 Å². The fraction of sp³-hybridized carbons (Fsp3) is 0.667. The number of aromatic nitrogens is 2. The first-order chi connectivity index (χ1) is 37.3. The van der Waals surface area contributed by atoms with E-state index in [1.165, 1.54) is 97.7 Å². The second-order valence-corrected chi connectivity index (χ2v) is 18.5. The van der Waals surface area contributed by atoms with Gasteiger partial charge in [-0.3, -0.25) is 23.9 Å². The summed E-state index contributed by atoms with van der Waals surface area (Å²) < 4.78 is 50.1. The Morgan fingerprint density at radius 1 is 0.700 bits per heavy atom. The molecule has 23 heteroatoms. The molecular formula is C57H105FN2O17P2Pa. The van der Waals surface area contributed by atoms with Crippen LogP contribution in [0.25, 0.3) is 0 Å². The molecule has 0 amide bonds. The molecule has 19 nitrogen and oxygen atoms in total. The molecule has 1 aliphatic heterocycles. The van der Waals surface area contributed by atoms with E-state index in [2.05, 4.69) is 16.5 Å². The second kappa shape index (κ2) is 61.1. The fourth-order valence-electron chi connectivity index (χ4n) is 6.85. The number of ether oxygens (including phenoxy) is 3. The molecule has 1 fully saturated rings. The summed E-state index contributed by atoms with van der Waals surface area (Å²) in [5, 5.41) is 18.3. The number of hydrogen-bond donors (Lipinski definition) is 5. The summed E-state index contributed by atoms with van der Waals surface area (Å²) in [6.07, 6.45) is 20.0. The number of aliphatic hydroxyl groups is 2. The van der Waals surface area contributed by atoms with Crippen molar-refractivity contribution in [1.82, 2.24) is 9.55 Å². The number of esters is 2. The zero-order valence-electron chi connectivity index (χ0n) is 50.7.